The highest BCUT2D eigenvalue weighted by atomic mass is 35.5. The fourth-order valence-corrected chi connectivity index (χ4v) is 1.88. The van der Waals surface area contributed by atoms with Crippen LogP contribution in [-0.4, -0.2) is 10.9 Å². The van der Waals surface area contributed by atoms with Crippen LogP contribution < -0.4 is 0 Å². The third-order valence-corrected chi connectivity index (χ3v) is 2.74. The number of aromatic hydroxyl groups is 1. The molecule has 92 valence electrons. The number of carbonyl (C=O) groups excluding carboxylic acids is 1. The highest BCUT2D eigenvalue weighted by molar-refractivity contribution is 6.36. The fraction of sp³-hybridized carbons (Fsp3) is 0. The molecule has 0 aliphatic rings. The van der Waals surface area contributed by atoms with E-state index >= 15 is 0 Å². The number of halogens is 2. The fourth-order valence-electron chi connectivity index (χ4n) is 1.39. The minimum atomic E-state index is -0.409. The molecule has 18 heavy (non-hydrogen) atoms. The number of rotatable bonds is 3. The number of hydrogen-bond acceptors (Lipinski definition) is 3. The lowest BCUT2D eigenvalue weighted by Gasteiger charge is -2.03. The van der Waals surface area contributed by atoms with Gasteiger partial charge < -0.3 is 9.52 Å². The molecule has 5 heteroatoms. The quantitative estimate of drug-likeness (QED) is 0.678. The van der Waals surface area contributed by atoms with Gasteiger partial charge in [0.25, 0.3) is 0 Å². The second-order valence-electron chi connectivity index (χ2n) is 3.50. The molecule has 2 aromatic rings. The first kappa shape index (κ1) is 12.7. The molecule has 0 atom stereocenters. The predicted octanol–water partition coefficient (Wildman–Crippen LogP) is 4.19. The van der Waals surface area contributed by atoms with Crippen LogP contribution in [0.25, 0.3) is 6.08 Å². The van der Waals surface area contributed by atoms with Crippen molar-refractivity contribution in [3.63, 3.8) is 0 Å². The van der Waals surface area contributed by atoms with Gasteiger partial charge in [-0.15, -0.1) is 0 Å². The summed E-state index contributed by atoms with van der Waals surface area (Å²) in [7, 11) is 0. The summed E-state index contributed by atoms with van der Waals surface area (Å²) in [5, 5.41) is 10.0. The van der Waals surface area contributed by atoms with Crippen LogP contribution in [0, 0.1) is 0 Å². The minimum absolute atomic E-state index is 0.0391. The van der Waals surface area contributed by atoms with E-state index in [1.54, 1.807) is 12.1 Å². The molecular formula is C13H8Cl2O3. The monoisotopic (exact) mass is 282 g/mol. The third-order valence-electron chi connectivity index (χ3n) is 2.24. The van der Waals surface area contributed by atoms with Crippen LogP contribution in [0.4, 0.5) is 0 Å². The van der Waals surface area contributed by atoms with E-state index in [9.17, 15) is 9.90 Å². The summed E-state index contributed by atoms with van der Waals surface area (Å²) in [5.74, 6) is -0.153. The van der Waals surface area contributed by atoms with Crippen molar-refractivity contribution in [2.75, 3.05) is 0 Å². The van der Waals surface area contributed by atoms with Crippen molar-refractivity contribution < 1.29 is 14.3 Å². The van der Waals surface area contributed by atoms with Crippen molar-refractivity contribution in [3.05, 3.63) is 58.0 Å². The zero-order chi connectivity index (χ0) is 13.1. The van der Waals surface area contributed by atoms with E-state index in [4.69, 9.17) is 27.6 Å². The van der Waals surface area contributed by atoms with E-state index in [0.29, 0.717) is 5.76 Å². The highest BCUT2D eigenvalue weighted by Gasteiger charge is 2.13. The predicted molar refractivity (Wildman–Crippen MR) is 70.2 cm³/mol. The van der Waals surface area contributed by atoms with Gasteiger partial charge in [0.1, 0.15) is 11.5 Å². The summed E-state index contributed by atoms with van der Waals surface area (Å²) in [6.45, 7) is 0. The lowest BCUT2D eigenvalue weighted by Crippen LogP contribution is -1.95. The normalized spacial score (nSPS) is 11.0. The van der Waals surface area contributed by atoms with Gasteiger partial charge >= 0.3 is 0 Å². The van der Waals surface area contributed by atoms with Crippen molar-refractivity contribution in [2.45, 2.75) is 0 Å². The Morgan fingerprint density at radius 2 is 2.11 bits per heavy atom. The molecule has 0 spiro atoms. The maximum atomic E-state index is 11.9. The first-order chi connectivity index (χ1) is 8.58. The Balaban J connectivity index is 2.29. The number of benzene rings is 1. The van der Waals surface area contributed by atoms with Gasteiger partial charge in [-0.05, 0) is 36.4 Å². The number of hydrogen-bond donors (Lipinski definition) is 1. The molecule has 0 unspecified atom stereocenters. The molecule has 1 heterocycles. The van der Waals surface area contributed by atoms with E-state index in [1.165, 1.54) is 30.5 Å². The van der Waals surface area contributed by atoms with Crippen molar-refractivity contribution >= 4 is 35.1 Å². The van der Waals surface area contributed by atoms with Gasteiger partial charge in [-0.2, -0.15) is 0 Å². The molecule has 0 saturated carbocycles. The van der Waals surface area contributed by atoms with E-state index in [0.717, 1.165) is 0 Å². The zero-order valence-corrected chi connectivity index (χ0v) is 10.6. The lowest BCUT2D eigenvalue weighted by molar-refractivity contribution is 0.104. The van der Waals surface area contributed by atoms with Crippen molar-refractivity contribution in [2.24, 2.45) is 0 Å². The molecule has 0 fully saturated rings. The van der Waals surface area contributed by atoms with Gasteiger partial charge in [-0.1, -0.05) is 23.2 Å². The summed E-state index contributed by atoms with van der Waals surface area (Å²) in [4.78, 5) is 11.9. The SMILES string of the molecule is O=C(/C=C\c1ccco1)c1cc(Cl)cc(Cl)c1O. The van der Waals surface area contributed by atoms with Crippen LogP contribution in [0.15, 0.2) is 41.0 Å². The minimum Gasteiger partial charge on any atom is -0.506 e. The van der Waals surface area contributed by atoms with Gasteiger partial charge in [-0.3, -0.25) is 4.79 Å². The van der Waals surface area contributed by atoms with Gasteiger partial charge in [0, 0.05) is 5.02 Å². The van der Waals surface area contributed by atoms with Gasteiger partial charge in [-0.25, -0.2) is 0 Å². The number of ketones is 1. The molecule has 0 radical (unpaired) electrons. The summed E-state index contributed by atoms with van der Waals surface area (Å²) < 4.78 is 5.04. The number of allylic oxidation sites excluding steroid dienone is 1. The highest BCUT2D eigenvalue weighted by Crippen LogP contribution is 2.31. The van der Waals surface area contributed by atoms with Crippen LogP contribution in [0.2, 0.25) is 10.0 Å². The second-order valence-corrected chi connectivity index (χ2v) is 4.34. The van der Waals surface area contributed by atoms with E-state index in [-0.39, 0.29) is 21.4 Å². The molecule has 1 aromatic carbocycles. The molecule has 0 bridgehead atoms. The van der Waals surface area contributed by atoms with E-state index in [2.05, 4.69) is 0 Å². The Bertz CT molecular complexity index is 601. The van der Waals surface area contributed by atoms with Crippen molar-refractivity contribution in [3.8, 4) is 5.75 Å². The summed E-state index contributed by atoms with van der Waals surface area (Å²) >= 11 is 11.5. The molecule has 2 rings (SSSR count). The Kier molecular flexibility index (Phi) is 3.75. The Labute approximate surface area is 113 Å². The second kappa shape index (κ2) is 5.29. The van der Waals surface area contributed by atoms with Gasteiger partial charge in [0.2, 0.25) is 0 Å². The Hall–Kier alpha value is -1.71. The van der Waals surface area contributed by atoms with Crippen LogP contribution in [0.1, 0.15) is 16.1 Å². The number of carbonyl (C=O) groups is 1. The molecule has 0 aliphatic carbocycles. The maximum Gasteiger partial charge on any atom is 0.189 e. The standard InChI is InChI=1S/C13H8Cl2O3/c14-8-6-10(13(17)11(15)7-8)12(16)4-3-9-2-1-5-18-9/h1-7,17H/b4-3-. The van der Waals surface area contributed by atoms with Crippen molar-refractivity contribution in [1.29, 1.82) is 0 Å². The average molecular weight is 283 g/mol. The molecular weight excluding hydrogens is 275 g/mol. The first-order valence-corrected chi connectivity index (χ1v) is 5.77. The third kappa shape index (κ3) is 2.75. The Morgan fingerprint density at radius 3 is 2.78 bits per heavy atom. The van der Waals surface area contributed by atoms with Crippen LogP contribution >= 0.6 is 23.2 Å². The first-order valence-electron chi connectivity index (χ1n) is 5.02. The lowest BCUT2D eigenvalue weighted by atomic mass is 10.1. The van der Waals surface area contributed by atoms with E-state index < -0.39 is 5.78 Å². The van der Waals surface area contributed by atoms with Crippen molar-refractivity contribution in [1.82, 2.24) is 0 Å². The van der Waals surface area contributed by atoms with E-state index in [1.807, 2.05) is 0 Å². The number of phenols is 1. The smallest absolute Gasteiger partial charge is 0.189 e. The average Bonchev–Trinajstić information content (AvgIpc) is 2.83. The summed E-state index contributed by atoms with van der Waals surface area (Å²) in [5.41, 5.74) is 0.0512. The van der Waals surface area contributed by atoms with Crippen LogP contribution in [0.3, 0.4) is 0 Å². The number of phenolic OH excluding ortho intramolecular Hbond substituents is 1. The molecule has 0 amide bonds. The van der Waals surface area contributed by atoms with Crippen LogP contribution in [-0.2, 0) is 0 Å². The zero-order valence-electron chi connectivity index (χ0n) is 9.06. The topological polar surface area (TPSA) is 50.4 Å². The largest absolute Gasteiger partial charge is 0.506 e. The van der Waals surface area contributed by atoms with Gasteiger partial charge in [0.05, 0.1) is 16.8 Å². The maximum absolute atomic E-state index is 11.9. The van der Waals surface area contributed by atoms with Gasteiger partial charge in [0.15, 0.2) is 5.78 Å². The Morgan fingerprint density at radius 1 is 1.33 bits per heavy atom. The summed E-state index contributed by atoms with van der Waals surface area (Å²) in [6, 6.07) is 6.13. The molecule has 3 nitrogen and oxygen atoms in total. The summed E-state index contributed by atoms with van der Waals surface area (Å²) in [6.07, 6.45) is 4.27. The number of furan rings is 1. The molecule has 1 aromatic heterocycles. The molecule has 0 aliphatic heterocycles. The van der Waals surface area contributed by atoms with Crippen LogP contribution in [0.5, 0.6) is 5.75 Å². The molecule has 0 saturated heterocycles. The molecule has 1 N–H and O–H groups in total.